The van der Waals surface area contributed by atoms with Crippen molar-refractivity contribution in [3.8, 4) is 11.3 Å². The zero-order chi connectivity index (χ0) is 22.2. The largest absolute Gasteiger partial charge is 0.378 e. The molecule has 0 aliphatic carbocycles. The standard InChI is InChI=1S/C24H28N6O2/c1-27(2)19-6-4-5-18(11-19)23-21-16-30(15-17-13-25-28(3)14-17)24(31)20(21)12-22(26-23)29-7-9-32-10-8-29/h4-6,11-14H,7-10,15-16H2,1-3H3. The maximum atomic E-state index is 13.4. The minimum Gasteiger partial charge on any atom is -0.378 e. The molecule has 1 amide bonds. The van der Waals surface area contributed by atoms with Crippen LogP contribution in [-0.2, 0) is 24.9 Å². The molecule has 0 saturated carbocycles. The molecule has 0 bridgehead atoms. The van der Waals surface area contributed by atoms with Gasteiger partial charge >= 0.3 is 0 Å². The molecule has 0 spiro atoms. The van der Waals surface area contributed by atoms with Gasteiger partial charge in [-0.3, -0.25) is 9.48 Å². The van der Waals surface area contributed by atoms with Crippen LogP contribution in [0.3, 0.4) is 0 Å². The van der Waals surface area contributed by atoms with Crippen molar-refractivity contribution in [1.82, 2.24) is 19.7 Å². The van der Waals surface area contributed by atoms with E-state index in [9.17, 15) is 4.79 Å². The van der Waals surface area contributed by atoms with E-state index in [1.54, 1.807) is 4.68 Å². The average Bonchev–Trinajstić information content (AvgIpc) is 3.36. The highest BCUT2D eigenvalue weighted by Crippen LogP contribution is 2.36. The Kier molecular flexibility index (Phi) is 5.30. The highest BCUT2D eigenvalue weighted by molar-refractivity contribution is 6.01. The maximum absolute atomic E-state index is 13.4. The van der Waals surface area contributed by atoms with Crippen molar-refractivity contribution in [2.75, 3.05) is 50.2 Å². The molecule has 3 aromatic rings. The number of hydrogen-bond donors (Lipinski definition) is 0. The summed E-state index contributed by atoms with van der Waals surface area (Å²) in [7, 11) is 5.94. The molecule has 0 atom stereocenters. The number of hydrogen-bond acceptors (Lipinski definition) is 6. The first-order valence-electron chi connectivity index (χ1n) is 10.9. The van der Waals surface area contributed by atoms with Gasteiger partial charge in [0.05, 0.1) is 30.7 Å². The third kappa shape index (κ3) is 3.82. The van der Waals surface area contributed by atoms with Gasteiger partial charge in [0.25, 0.3) is 5.91 Å². The van der Waals surface area contributed by atoms with Crippen LogP contribution in [0, 0.1) is 0 Å². The lowest BCUT2D eigenvalue weighted by atomic mass is 10.0. The van der Waals surface area contributed by atoms with Crippen LogP contribution in [0.5, 0.6) is 0 Å². The van der Waals surface area contributed by atoms with Crippen molar-refractivity contribution in [2.45, 2.75) is 13.1 Å². The molecule has 0 radical (unpaired) electrons. The van der Waals surface area contributed by atoms with E-state index in [1.807, 2.05) is 50.6 Å². The van der Waals surface area contributed by atoms with Crippen molar-refractivity contribution in [2.24, 2.45) is 7.05 Å². The first-order valence-corrected chi connectivity index (χ1v) is 10.9. The predicted molar refractivity (Wildman–Crippen MR) is 124 cm³/mol. The SMILES string of the molecule is CN(C)c1cccc(-c2nc(N3CCOCC3)cc3c2CN(Cc2cnn(C)c2)C3=O)c1. The number of pyridine rings is 1. The molecule has 1 aromatic carbocycles. The summed E-state index contributed by atoms with van der Waals surface area (Å²) in [5.41, 5.74) is 5.77. The van der Waals surface area contributed by atoms with E-state index < -0.39 is 0 Å². The average molecular weight is 433 g/mol. The third-order valence-electron chi connectivity index (χ3n) is 6.08. The van der Waals surface area contributed by atoms with Crippen LogP contribution in [0.15, 0.2) is 42.7 Å². The molecule has 0 unspecified atom stereocenters. The van der Waals surface area contributed by atoms with Crippen molar-refractivity contribution in [1.29, 1.82) is 0 Å². The van der Waals surface area contributed by atoms with Gasteiger partial charge in [-0.2, -0.15) is 5.10 Å². The molecule has 2 aromatic heterocycles. The van der Waals surface area contributed by atoms with Gasteiger partial charge < -0.3 is 19.4 Å². The van der Waals surface area contributed by atoms with Crippen molar-refractivity contribution in [3.63, 3.8) is 0 Å². The lowest BCUT2D eigenvalue weighted by Crippen LogP contribution is -2.37. The monoisotopic (exact) mass is 432 g/mol. The van der Waals surface area contributed by atoms with E-state index in [0.29, 0.717) is 26.3 Å². The fraction of sp³-hybridized carbons (Fsp3) is 0.375. The van der Waals surface area contributed by atoms with Gasteiger partial charge in [-0.25, -0.2) is 4.98 Å². The number of carbonyl (C=O) groups excluding carboxylic acids is 1. The Morgan fingerprint density at radius 3 is 2.69 bits per heavy atom. The smallest absolute Gasteiger partial charge is 0.255 e. The Hall–Kier alpha value is -3.39. The van der Waals surface area contributed by atoms with Crippen LogP contribution in [0.1, 0.15) is 21.5 Å². The first-order chi connectivity index (χ1) is 15.5. The molecular formula is C24H28N6O2. The van der Waals surface area contributed by atoms with Crippen molar-refractivity contribution in [3.05, 3.63) is 59.4 Å². The van der Waals surface area contributed by atoms with Crippen LogP contribution < -0.4 is 9.80 Å². The molecule has 32 heavy (non-hydrogen) atoms. The number of nitrogens with zero attached hydrogens (tertiary/aromatic N) is 6. The lowest BCUT2D eigenvalue weighted by Gasteiger charge is -2.28. The second-order valence-corrected chi connectivity index (χ2v) is 8.58. The summed E-state index contributed by atoms with van der Waals surface area (Å²) in [5.74, 6) is 0.889. The zero-order valence-electron chi connectivity index (χ0n) is 18.8. The van der Waals surface area contributed by atoms with Gasteiger partial charge in [0.1, 0.15) is 5.82 Å². The van der Waals surface area contributed by atoms with E-state index in [4.69, 9.17) is 9.72 Å². The summed E-state index contributed by atoms with van der Waals surface area (Å²) in [6, 6.07) is 10.3. The normalized spacial score (nSPS) is 15.9. The fourth-order valence-electron chi connectivity index (χ4n) is 4.37. The van der Waals surface area contributed by atoms with E-state index in [-0.39, 0.29) is 5.91 Å². The second kappa shape index (κ2) is 8.27. The molecule has 1 fully saturated rings. The molecule has 8 heteroatoms. The molecule has 5 rings (SSSR count). The van der Waals surface area contributed by atoms with Gasteiger partial charge in [-0.15, -0.1) is 0 Å². The number of fused-ring (bicyclic) bond motifs is 1. The van der Waals surface area contributed by atoms with E-state index in [1.165, 1.54) is 0 Å². The number of aryl methyl sites for hydroxylation is 1. The summed E-state index contributed by atoms with van der Waals surface area (Å²) < 4.78 is 7.28. The second-order valence-electron chi connectivity index (χ2n) is 8.58. The number of morpholine rings is 1. The molecule has 2 aliphatic rings. The van der Waals surface area contributed by atoms with Crippen LogP contribution in [0.2, 0.25) is 0 Å². The predicted octanol–water partition coefficient (Wildman–Crippen LogP) is 2.54. The lowest BCUT2D eigenvalue weighted by molar-refractivity contribution is 0.0766. The highest BCUT2D eigenvalue weighted by atomic mass is 16.5. The van der Waals surface area contributed by atoms with Crippen LogP contribution >= 0.6 is 0 Å². The molecule has 166 valence electrons. The Morgan fingerprint density at radius 2 is 1.97 bits per heavy atom. The molecule has 8 nitrogen and oxygen atoms in total. The Bertz CT molecular complexity index is 1150. The molecule has 1 saturated heterocycles. The Balaban J connectivity index is 1.57. The summed E-state index contributed by atoms with van der Waals surface area (Å²) in [5, 5.41) is 4.24. The first kappa shape index (κ1) is 20.5. The molecular weight excluding hydrogens is 404 g/mol. The molecule has 0 N–H and O–H groups in total. The molecule has 4 heterocycles. The van der Waals surface area contributed by atoms with E-state index in [2.05, 4.69) is 33.1 Å². The van der Waals surface area contributed by atoms with E-state index in [0.717, 1.165) is 52.5 Å². The van der Waals surface area contributed by atoms with Crippen LogP contribution in [0.25, 0.3) is 11.3 Å². The van der Waals surface area contributed by atoms with Gasteiger partial charge in [-0.05, 0) is 18.2 Å². The van der Waals surface area contributed by atoms with Gasteiger partial charge in [0, 0.05) is 75.9 Å². The topological polar surface area (TPSA) is 66.7 Å². The van der Waals surface area contributed by atoms with Crippen molar-refractivity contribution >= 4 is 17.4 Å². The number of rotatable bonds is 5. The number of aromatic nitrogens is 3. The zero-order valence-corrected chi connectivity index (χ0v) is 18.8. The van der Waals surface area contributed by atoms with Crippen LogP contribution in [0.4, 0.5) is 11.5 Å². The van der Waals surface area contributed by atoms with E-state index >= 15 is 0 Å². The van der Waals surface area contributed by atoms with Crippen LogP contribution in [-0.4, -0.2) is 66.0 Å². The van der Waals surface area contributed by atoms with Gasteiger partial charge in [0.2, 0.25) is 0 Å². The van der Waals surface area contributed by atoms with Gasteiger partial charge in [0.15, 0.2) is 0 Å². The maximum Gasteiger partial charge on any atom is 0.255 e. The molecule has 2 aliphatic heterocycles. The van der Waals surface area contributed by atoms with Gasteiger partial charge in [-0.1, -0.05) is 12.1 Å². The number of ether oxygens (including phenoxy) is 1. The summed E-state index contributed by atoms with van der Waals surface area (Å²) in [6.07, 6.45) is 3.77. The number of amides is 1. The Labute approximate surface area is 188 Å². The summed E-state index contributed by atoms with van der Waals surface area (Å²) in [4.78, 5) is 24.7. The number of carbonyl (C=O) groups is 1. The quantitative estimate of drug-likeness (QED) is 0.617. The van der Waals surface area contributed by atoms with Crippen molar-refractivity contribution < 1.29 is 9.53 Å². The Morgan fingerprint density at radius 1 is 1.16 bits per heavy atom. The third-order valence-corrected chi connectivity index (χ3v) is 6.08. The minimum atomic E-state index is 0.0470. The minimum absolute atomic E-state index is 0.0470. The fourth-order valence-corrected chi connectivity index (χ4v) is 4.37. The summed E-state index contributed by atoms with van der Waals surface area (Å²) in [6.45, 7) is 3.97. The summed E-state index contributed by atoms with van der Waals surface area (Å²) >= 11 is 0. The number of benzene rings is 1. The number of anilines is 2. The highest BCUT2D eigenvalue weighted by Gasteiger charge is 2.32.